The van der Waals surface area contributed by atoms with Crippen LogP contribution in [0, 0.1) is 0 Å². The third kappa shape index (κ3) is 3.69. The minimum atomic E-state index is -0.853. The van der Waals surface area contributed by atoms with E-state index >= 15 is 0 Å². The first-order chi connectivity index (χ1) is 12.1. The van der Waals surface area contributed by atoms with Gasteiger partial charge in [0, 0.05) is 18.7 Å². The van der Waals surface area contributed by atoms with Gasteiger partial charge in [0.15, 0.2) is 0 Å². The smallest absolute Gasteiger partial charge is 0.292 e. The lowest BCUT2D eigenvalue weighted by atomic mass is 10.0. The number of aliphatic hydroxyl groups is 1. The van der Waals surface area contributed by atoms with Gasteiger partial charge in [-0.1, -0.05) is 18.0 Å². The predicted octanol–water partition coefficient (Wildman–Crippen LogP) is 3.42. The molecule has 0 saturated carbocycles. The number of rotatable bonds is 4. The van der Waals surface area contributed by atoms with Crippen molar-refractivity contribution in [2.24, 2.45) is 0 Å². The molecule has 1 aliphatic heterocycles. The normalized spacial score (nSPS) is 16.4. The first-order valence-electron chi connectivity index (χ1n) is 8.73. The molecule has 0 spiro atoms. The minimum Gasteiger partial charge on any atom is -0.497 e. The molecule has 0 unspecified atom stereocenters. The van der Waals surface area contributed by atoms with Crippen LogP contribution in [0.1, 0.15) is 54.8 Å². The molecule has 1 aliphatic rings. The van der Waals surface area contributed by atoms with Crippen molar-refractivity contribution in [3.8, 4) is 17.0 Å². The summed E-state index contributed by atoms with van der Waals surface area (Å²) in [7, 11) is 1.60. The van der Waals surface area contributed by atoms with E-state index in [0.717, 1.165) is 50.1 Å². The van der Waals surface area contributed by atoms with E-state index in [2.05, 4.69) is 5.16 Å². The van der Waals surface area contributed by atoms with Crippen molar-refractivity contribution in [3.63, 3.8) is 0 Å². The lowest BCUT2D eigenvalue weighted by molar-refractivity contribution is 0.0711. The van der Waals surface area contributed by atoms with Crippen LogP contribution < -0.4 is 4.74 Å². The summed E-state index contributed by atoms with van der Waals surface area (Å²) in [6.07, 6.45) is 3.42. The van der Waals surface area contributed by atoms with E-state index in [9.17, 15) is 9.90 Å². The molecule has 6 nitrogen and oxygen atoms in total. The maximum Gasteiger partial charge on any atom is 0.292 e. The molecule has 25 heavy (non-hydrogen) atoms. The van der Waals surface area contributed by atoms with Gasteiger partial charge in [0.25, 0.3) is 5.91 Å². The first kappa shape index (κ1) is 17.5. The Morgan fingerprint density at radius 1 is 1.20 bits per heavy atom. The van der Waals surface area contributed by atoms with Crippen molar-refractivity contribution < 1.29 is 19.2 Å². The average molecular weight is 344 g/mol. The van der Waals surface area contributed by atoms with Crippen LogP contribution in [0.2, 0.25) is 0 Å². The predicted molar refractivity (Wildman–Crippen MR) is 93.5 cm³/mol. The van der Waals surface area contributed by atoms with Gasteiger partial charge in [-0.3, -0.25) is 4.79 Å². The highest BCUT2D eigenvalue weighted by atomic mass is 16.5. The number of nitrogens with zero attached hydrogens (tertiary/aromatic N) is 2. The summed E-state index contributed by atoms with van der Waals surface area (Å²) < 4.78 is 10.6. The maximum atomic E-state index is 12.9. The number of hydrogen-bond acceptors (Lipinski definition) is 5. The number of likely N-dealkylation sites (tertiary alicyclic amines) is 1. The van der Waals surface area contributed by atoms with Gasteiger partial charge in [-0.05, 0) is 44.0 Å². The summed E-state index contributed by atoms with van der Waals surface area (Å²) >= 11 is 0. The minimum absolute atomic E-state index is 0.141. The van der Waals surface area contributed by atoms with Crippen molar-refractivity contribution in [1.82, 2.24) is 10.1 Å². The number of ether oxygens (including phenoxy) is 1. The molecule has 1 aromatic carbocycles. The SMILES string of the molecule is COc1ccc(-c2noc(C(=O)N3CCCCCC3)c2[C@H](C)O)cc1. The van der Waals surface area contributed by atoms with Crippen molar-refractivity contribution >= 4 is 5.91 Å². The second kappa shape index (κ2) is 7.70. The van der Waals surface area contributed by atoms with E-state index in [1.54, 1.807) is 18.9 Å². The van der Waals surface area contributed by atoms with Crippen molar-refractivity contribution in [1.29, 1.82) is 0 Å². The van der Waals surface area contributed by atoms with E-state index in [1.807, 2.05) is 24.3 Å². The molecule has 3 rings (SSSR count). The fourth-order valence-corrected chi connectivity index (χ4v) is 3.21. The summed E-state index contributed by atoms with van der Waals surface area (Å²) in [6, 6.07) is 7.30. The highest BCUT2D eigenvalue weighted by Gasteiger charge is 2.29. The number of amides is 1. The molecule has 1 atom stereocenters. The Kier molecular flexibility index (Phi) is 5.38. The van der Waals surface area contributed by atoms with E-state index in [-0.39, 0.29) is 11.7 Å². The number of carbonyl (C=O) groups excluding carboxylic acids is 1. The van der Waals surface area contributed by atoms with E-state index in [4.69, 9.17) is 9.26 Å². The third-order valence-corrected chi connectivity index (χ3v) is 4.60. The van der Waals surface area contributed by atoms with Crippen LogP contribution in [0.3, 0.4) is 0 Å². The maximum absolute atomic E-state index is 12.9. The monoisotopic (exact) mass is 344 g/mol. The third-order valence-electron chi connectivity index (χ3n) is 4.60. The Bertz CT molecular complexity index is 714. The number of benzene rings is 1. The summed E-state index contributed by atoms with van der Waals surface area (Å²) in [5, 5.41) is 14.3. The van der Waals surface area contributed by atoms with Crippen molar-refractivity contribution in [2.45, 2.75) is 38.7 Å². The second-order valence-corrected chi connectivity index (χ2v) is 6.38. The lowest BCUT2D eigenvalue weighted by Crippen LogP contribution is -2.32. The molecule has 6 heteroatoms. The van der Waals surface area contributed by atoms with E-state index < -0.39 is 6.10 Å². The van der Waals surface area contributed by atoms with Gasteiger partial charge in [-0.2, -0.15) is 0 Å². The summed E-state index contributed by atoms with van der Waals surface area (Å²) in [4.78, 5) is 14.7. The summed E-state index contributed by atoms with van der Waals surface area (Å²) in [5.74, 6) is 0.680. The Hall–Kier alpha value is -2.34. The van der Waals surface area contributed by atoms with Gasteiger partial charge < -0.3 is 19.3 Å². The fraction of sp³-hybridized carbons (Fsp3) is 0.474. The quantitative estimate of drug-likeness (QED) is 0.920. The summed E-state index contributed by atoms with van der Waals surface area (Å²) in [5.41, 5.74) is 1.71. The zero-order valence-electron chi connectivity index (χ0n) is 14.7. The van der Waals surface area contributed by atoms with Gasteiger partial charge in [-0.25, -0.2) is 0 Å². The molecular formula is C19H24N2O4. The molecule has 134 valence electrons. The lowest BCUT2D eigenvalue weighted by Gasteiger charge is -2.19. The molecule has 2 heterocycles. The number of aromatic nitrogens is 1. The van der Waals surface area contributed by atoms with Gasteiger partial charge >= 0.3 is 0 Å². The molecule has 2 aromatic rings. The molecule has 1 fully saturated rings. The fourth-order valence-electron chi connectivity index (χ4n) is 3.21. The largest absolute Gasteiger partial charge is 0.497 e. The van der Waals surface area contributed by atoms with Gasteiger partial charge in [0.2, 0.25) is 5.76 Å². The highest BCUT2D eigenvalue weighted by molar-refractivity contribution is 5.94. The molecule has 1 N–H and O–H groups in total. The zero-order chi connectivity index (χ0) is 17.8. The standard InChI is InChI=1S/C19H24N2O4/c1-13(22)16-17(14-7-9-15(24-2)10-8-14)20-25-18(16)19(23)21-11-5-3-4-6-12-21/h7-10,13,22H,3-6,11-12H2,1-2H3/t13-/m0/s1. The van der Waals surface area contributed by atoms with Gasteiger partial charge in [-0.15, -0.1) is 0 Å². The van der Waals surface area contributed by atoms with Gasteiger partial charge in [0.05, 0.1) is 18.8 Å². The van der Waals surface area contributed by atoms with Crippen LogP contribution in [0.15, 0.2) is 28.8 Å². The highest BCUT2D eigenvalue weighted by Crippen LogP contribution is 2.32. The number of hydrogen-bond donors (Lipinski definition) is 1. The van der Waals surface area contributed by atoms with Crippen LogP contribution >= 0.6 is 0 Å². The van der Waals surface area contributed by atoms with E-state index in [1.165, 1.54) is 0 Å². The zero-order valence-corrected chi connectivity index (χ0v) is 14.7. The average Bonchev–Trinajstić information content (AvgIpc) is 2.89. The first-order valence-corrected chi connectivity index (χ1v) is 8.73. The Balaban J connectivity index is 1.94. The molecule has 1 aromatic heterocycles. The summed E-state index contributed by atoms with van der Waals surface area (Å²) in [6.45, 7) is 3.06. The van der Waals surface area contributed by atoms with Crippen LogP contribution in [0.4, 0.5) is 0 Å². The van der Waals surface area contributed by atoms with E-state index in [0.29, 0.717) is 11.3 Å². The van der Waals surface area contributed by atoms with Crippen LogP contribution in [-0.2, 0) is 0 Å². The van der Waals surface area contributed by atoms with Crippen LogP contribution in [-0.4, -0.2) is 41.3 Å². The van der Waals surface area contributed by atoms with Crippen molar-refractivity contribution in [3.05, 3.63) is 35.6 Å². The van der Waals surface area contributed by atoms with Gasteiger partial charge in [0.1, 0.15) is 11.4 Å². The van der Waals surface area contributed by atoms with Crippen molar-refractivity contribution in [2.75, 3.05) is 20.2 Å². The Morgan fingerprint density at radius 2 is 1.84 bits per heavy atom. The number of carbonyl (C=O) groups is 1. The number of methoxy groups -OCH3 is 1. The Labute approximate surface area is 147 Å². The molecule has 1 saturated heterocycles. The molecule has 0 aliphatic carbocycles. The van der Waals surface area contributed by atoms with Crippen LogP contribution in [0.25, 0.3) is 11.3 Å². The molecule has 0 radical (unpaired) electrons. The Morgan fingerprint density at radius 3 is 2.40 bits per heavy atom. The molecule has 0 bridgehead atoms. The second-order valence-electron chi connectivity index (χ2n) is 6.38. The molecule has 1 amide bonds. The number of aliphatic hydroxyl groups excluding tert-OH is 1. The topological polar surface area (TPSA) is 75.8 Å². The molecular weight excluding hydrogens is 320 g/mol. The van der Waals surface area contributed by atoms with Crippen LogP contribution in [0.5, 0.6) is 5.75 Å².